The van der Waals surface area contributed by atoms with Crippen molar-refractivity contribution in [1.82, 2.24) is 0 Å². The third-order valence-corrected chi connectivity index (χ3v) is 4.88. The number of alkyl halides is 3. The molecule has 0 aliphatic heterocycles. The molecule has 0 saturated heterocycles. The minimum atomic E-state index is -6.09. The summed E-state index contributed by atoms with van der Waals surface area (Å²) in [6, 6.07) is 18.2. The van der Waals surface area contributed by atoms with Crippen LogP contribution in [0.2, 0.25) is 0 Å². The predicted molar refractivity (Wildman–Crippen MR) is 99.0 cm³/mol. The van der Waals surface area contributed by atoms with Gasteiger partial charge in [0.25, 0.3) is 0 Å². The van der Waals surface area contributed by atoms with Crippen molar-refractivity contribution >= 4 is 31.7 Å². The third kappa shape index (κ3) is 5.57. The molecule has 28 heavy (non-hydrogen) atoms. The van der Waals surface area contributed by atoms with Gasteiger partial charge in [0.05, 0.1) is 0 Å². The Labute approximate surface area is 164 Å². The first kappa shape index (κ1) is 21.5. The molecule has 0 saturated carbocycles. The van der Waals surface area contributed by atoms with Gasteiger partial charge in [-0.1, -0.05) is 47.6 Å². The number of halogens is 3. The van der Waals surface area contributed by atoms with Crippen LogP contribution in [-0.2, 0) is 16.7 Å². The molecule has 2 aromatic carbocycles. The number of rotatable bonds is 1. The standard InChI is InChI=1S/C18H12NS.CHF3O3S/c1-2-14-19-16-10-6-7-11-17(16)20-18(19)13-12-15-8-4-3-5-9-15;2-1(3,4)8(5,6)7/h1,3-11H,14H2;(H,5,6,7)/q+1;/p-1. The zero-order valence-corrected chi connectivity index (χ0v) is 15.7. The number of hydrogen-bond donors (Lipinski definition) is 0. The topological polar surface area (TPSA) is 61.1 Å². The molecule has 1 heterocycles. The van der Waals surface area contributed by atoms with Crippen molar-refractivity contribution in [2.45, 2.75) is 12.1 Å². The van der Waals surface area contributed by atoms with E-state index >= 15 is 0 Å². The molecule has 0 bridgehead atoms. The first-order chi connectivity index (χ1) is 13.1. The molecular weight excluding hydrogens is 411 g/mol. The van der Waals surface area contributed by atoms with E-state index in [-0.39, 0.29) is 0 Å². The second-order valence-corrected chi connectivity index (χ2v) is 7.58. The molecule has 0 atom stereocenters. The lowest BCUT2D eigenvalue weighted by molar-refractivity contribution is -0.656. The quantitative estimate of drug-likeness (QED) is 0.261. The monoisotopic (exact) mass is 423 g/mol. The van der Waals surface area contributed by atoms with Crippen molar-refractivity contribution < 1.29 is 30.7 Å². The Kier molecular flexibility index (Phi) is 6.81. The summed E-state index contributed by atoms with van der Waals surface area (Å²) >= 11 is 1.68. The summed E-state index contributed by atoms with van der Waals surface area (Å²) in [4.78, 5) is 0. The van der Waals surface area contributed by atoms with Crippen molar-refractivity contribution in [2.24, 2.45) is 0 Å². The smallest absolute Gasteiger partial charge is 0.485 e. The van der Waals surface area contributed by atoms with Crippen molar-refractivity contribution in [3.05, 3.63) is 65.2 Å². The van der Waals surface area contributed by atoms with E-state index in [1.165, 1.54) is 4.70 Å². The van der Waals surface area contributed by atoms with Crippen molar-refractivity contribution in [3.8, 4) is 24.2 Å². The molecule has 1 aromatic heterocycles. The molecule has 4 nitrogen and oxygen atoms in total. The lowest BCUT2D eigenvalue weighted by Crippen LogP contribution is -2.34. The van der Waals surface area contributed by atoms with E-state index < -0.39 is 15.6 Å². The highest BCUT2D eigenvalue weighted by Gasteiger charge is 2.36. The summed E-state index contributed by atoms with van der Waals surface area (Å²) in [5.74, 6) is 9.13. The summed E-state index contributed by atoms with van der Waals surface area (Å²) in [5, 5.41) is 0.994. The molecular formula is C19H12F3NO3S2. The van der Waals surface area contributed by atoms with E-state index in [1.807, 2.05) is 42.5 Å². The molecule has 0 aliphatic carbocycles. The highest BCUT2D eigenvalue weighted by atomic mass is 32.2. The van der Waals surface area contributed by atoms with E-state index in [2.05, 4.69) is 34.5 Å². The molecule has 144 valence electrons. The fourth-order valence-electron chi connectivity index (χ4n) is 2.02. The fourth-order valence-corrected chi connectivity index (χ4v) is 3.04. The lowest BCUT2D eigenvalue weighted by Gasteiger charge is -2.08. The Balaban J connectivity index is 0.000000300. The molecule has 0 radical (unpaired) electrons. The number of para-hydroxylation sites is 1. The summed E-state index contributed by atoms with van der Waals surface area (Å²) < 4.78 is 62.2. The van der Waals surface area contributed by atoms with Crippen LogP contribution < -0.4 is 4.57 Å². The SMILES string of the molecule is C#CC[n+]1c(C#Cc2ccccc2)sc2ccccc21.O=S(=O)([O-])C(F)(F)F. The van der Waals surface area contributed by atoms with E-state index in [0.29, 0.717) is 6.54 Å². The Hall–Kier alpha value is -2.85. The van der Waals surface area contributed by atoms with Crippen LogP contribution in [0.15, 0.2) is 54.6 Å². The van der Waals surface area contributed by atoms with Gasteiger partial charge in [0.1, 0.15) is 4.70 Å². The number of aromatic nitrogens is 1. The summed E-state index contributed by atoms with van der Waals surface area (Å²) in [5.41, 5.74) is -3.49. The maximum atomic E-state index is 10.7. The van der Waals surface area contributed by atoms with Gasteiger partial charge in [-0.3, -0.25) is 0 Å². The molecule has 3 aromatic rings. The van der Waals surface area contributed by atoms with Crippen molar-refractivity contribution in [2.75, 3.05) is 0 Å². The Morgan fingerprint density at radius 2 is 1.61 bits per heavy atom. The summed E-state index contributed by atoms with van der Waals surface area (Å²) in [6.45, 7) is 0.544. The van der Waals surface area contributed by atoms with Crippen molar-refractivity contribution in [3.63, 3.8) is 0 Å². The van der Waals surface area contributed by atoms with Crippen LogP contribution in [0.3, 0.4) is 0 Å². The fraction of sp³-hybridized carbons (Fsp3) is 0.105. The molecule has 0 N–H and O–H groups in total. The predicted octanol–water partition coefficient (Wildman–Crippen LogP) is 3.27. The summed E-state index contributed by atoms with van der Waals surface area (Å²) in [6.07, 6.45) is 5.47. The van der Waals surface area contributed by atoms with Gasteiger partial charge in [-0.2, -0.15) is 17.7 Å². The van der Waals surface area contributed by atoms with E-state index in [0.717, 1.165) is 16.1 Å². The minimum Gasteiger partial charge on any atom is -0.741 e. The Bertz CT molecular complexity index is 1170. The van der Waals surface area contributed by atoms with Crippen LogP contribution in [-0.4, -0.2) is 18.5 Å². The summed E-state index contributed by atoms with van der Waals surface area (Å²) in [7, 11) is -6.09. The molecule has 0 amide bonds. The molecule has 3 rings (SSSR count). The average Bonchev–Trinajstić information content (AvgIpc) is 2.98. The molecule has 0 spiro atoms. The Morgan fingerprint density at radius 3 is 2.18 bits per heavy atom. The van der Waals surface area contributed by atoms with Crippen LogP contribution >= 0.6 is 11.3 Å². The molecule has 0 fully saturated rings. The minimum absolute atomic E-state index is 0.544. The second kappa shape index (κ2) is 8.89. The van der Waals surface area contributed by atoms with Gasteiger partial charge in [0.15, 0.2) is 10.1 Å². The molecule has 9 heteroatoms. The largest absolute Gasteiger partial charge is 0.741 e. The van der Waals surface area contributed by atoms with E-state index in [1.54, 1.807) is 11.3 Å². The van der Waals surface area contributed by atoms with Crippen LogP contribution in [0.25, 0.3) is 10.2 Å². The number of terminal acetylenes is 1. The van der Waals surface area contributed by atoms with Gasteiger partial charge in [0.2, 0.25) is 12.1 Å². The number of thiazole rings is 1. The number of hydrogen-bond acceptors (Lipinski definition) is 4. The number of benzene rings is 2. The van der Waals surface area contributed by atoms with Gasteiger partial charge in [-0.15, -0.1) is 6.42 Å². The van der Waals surface area contributed by atoms with Crippen LogP contribution in [0.1, 0.15) is 10.6 Å². The maximum Gasteiger partial charge on any atom is 0.485 e. The molecule has 0 unspecified atom stereocenters. The first-order valence-electron chi connectivity index (χ1n) is 7.57. The highest BCUT2D eigenvalue weighted by molar-refractivity contribution is 7.86. The number of fused-ring (bicyclic) bond motifs is 1. The number of nitrogens with zero attached hydrogens (tertiary/aromatic N) is 1. The van der Waals surface area contributed by atoms with Crippen LogP contribution in [0, 0.1) is 24.2 Å². The zero-order valence-electron chi connectivity index (χ0n) is 14.1. The van der Waals surface area contributed by atoms with E-state index in [4.69, 9.17) is 19.4 Å². The zero-order chi connectivity index (χ0) is 20.8. The Morgan fingerprint density at radius 1 is 1.04 bits per heavy atom. The highest BCUT2D eigenvalue weighted by Crippen LogP contribution is 2.20. The van der Waals surface area contributed by atoms with Gasteiger partial charge in [-0.25, -0.2) is 8.42 Å². The third-order valence-electron chi connectivity index (χ3n) is 3.23. The van der Waals surface area contributed by atoms with E-state index in [9.17, 15) is 13.2 Å². The van der Waals surface area contributed by atoms with Gasteiger partial charge in [-0.05, 0) is 24.1 Å². The maximum absolute atomic E-state index is 10.7. The van der Waals surface area contributed by atoms with Gasteiger partial charge < -0.3 is 4.55 Å². The molecule has 0 aliphatic rings. The normalized spacial score (nSPS) is 11.0. The van der Waals surface area contributed by atoms with Crippen LogP contribution in [0.5, 0.6) is 0 Å². The van der Waals surface area contributed by atoms with Gasteiger partial charge >= 0.3 is 10.5 Å². The lowest BCUT2D eigenvalue weighted by atomic mass is 10.2. The van der Waals surface area contributed by atoms with Gasteiger partial charge in [0, 0.05) is 17.6 Å². The van der Waals surface area contributed by atoms with Crippen molar-refractivity contribution in [1.29, 1.82) is 0 Å². The second-order valence-electron chi connectivity index (χ2n) is 5.18. The first-order valence-corrected chi connectivity index (χ1v) is 9.80. The average molecular weight is 423 g/mol. The van der Waals surface area contributed by atoms with Crippen LogP contribution in [0.4, 0.5) is 13.2 Å².